The average molecular weight is 322 g/mol. The first kappa shape index (κ1) is 18.1. The predicted octanol–water partition coefficient (Wildman–Crippen LogP) is 2.52. The first-order valence-electron chi connectivity index (χ1n) is 9.55. The maximum Gasteiger partial charge on any atom is 0.222 e. The summed E-state index contributed by atoms with van der Waals surface area (Å²) in [5, 5.41) is 6.85. The smallest absolute Gasteiger partial charge is 0.222 e. The SMILES string of the molecule is CCNC(=NCCC1CCCCC1)NC1CCN(C(=O)CC)C1. The molecule has 5 heteroatoms. The molecule has 1 amide bonds. The summed E-state index contributed by atoms with van der Waals surface area (Å²) < 4.78 is 0. The highest BCUT2D eigenvalue weighted by Gasteiger charge is 2.25. The van der Waals surface area contributed by atoms with Gasteiger partial charge in [0.2, 0.25) is 5.91 Å². The minimum absolute atomic E-state index is 0.258. The number of amides is 1. The third-order valence-electron chi connectivity index (χ3n) is 5.06. The van der Waals surface area contributed by atoms with Crippen LogP contribution in [0.25, 0.3) is 0 Å². The largest absolute Gasteiger partial charge is 0.357 e. The quantitative estimate of drug-likeness (QED) is 0.583. The Bertz CT molecular complexity index is 390. The predicted molar refractivity (Wildman–Crippen MR) is 95.6 cm³/mol. The van der Waals surface area contributed by atoms with Gasteiger partial charge in [0.15, 0.2) is 5.96 Å². The fourth-order valence-electron chi connectivity index (χ4n) is 3.68. The Hall–Kier alpha value is -1.26. The molecule has 2 aliphatic rings. The van der Waals surface area contributed by atoms with Crippen LogP contribution in [0.5, 0.6) is 0 Å². The maximum atomic E-state index is 11.8. The normalized spacial score (nSPS) is 23.1. The van der Waals surface area contributed by atoms with E-state index in [9.17, 15) is 4.79 Å². The van der Waals surface area contributed by atoms with Gasteiger partial charge in [0.05, 0.1) is 0 Å². The Morgan fingerprint density at radius 3 is 2.65 bits per heavy atom. The molecule has 1 aliphatic heterocycles. The molecule has 1 aliphatic carbocycles. The molecule has 0 bridgehead atoms. The second-order valence-electron chi connectivity index (χ2n) is 6.88. The van der Waals surface area contributed by atoms with Crippen molar-refractivity contribution in [2.24, 2.45) is 10.9 Å². The van der Waals surface area contributed by atoms with E-state index in [0.717, 1.165) is 44.5 Å². The van der Waals surface area contributed by atoms with Gasteiger partial charge in [0, 0.05) is 38.6 Å². The number of carbonyl (C=O) groups excluding carboxylic acids is 1. The molecular formula is C18H34N4O. The Morgan fingerprint density at radius 2 is 1.96 bits per heavy atom. The van der Waals surface area contributed by atoms with Crippen LogP contribution in [0.2, 0.25) is 0 Å². The number of hydrogen-bond donors (Lipinski definition) is 2. The zero-order valence-electron chi connectivity index (χ0n) is 14.9. The van der Waals surface area contributed by atoms with Crippen LogP contribution in [0.4, 0.5) is 0 Å². The number of nitrogens with one attached hydrogen (secondary N) is 2. The first-order valence-corrected chi connectivity index (χ1v) is 9.55. The van der Waals surface area contributed by atoms with Crippen LogP contribution in [0.15, 0.2) is 4.99 Å². The molecule has 23 heavy (non-hydrogen) atoms. The first-order chi connectivity index (χ1) is 11.2. The summed E-state index contributed by atoms with van der Waals surface area (Å²) in [6.45, 7) is 7.48. The summed E-state index contributed by atoms with van der Waals surface area (Å²) in [7, 11) is 0. The van der Waals surface area contributed by atoms with Crippen molar-refractivity contribution >= 4 is 11.9 Å². The van der Waals surface area contributed by atoms with Gasteiger partial charge in [-0.05, 0) is 25.7 Å². The third kappa shape index (κ3) is 6.04. The lowest BCUT2D eigenvalue weighted by molar-refractivity contribution is -0.129. The zero-order chi connectivity index (χ0) is 16.5. The summed E-state index contributed by atoms with van der Waals surface area (Å²) in [6.07, 6.45) is 9.81. The van der Waals surface area contributed by atoms with Crippen molar-refractivity contribution in [3.8, 4) is 0 Å². The van der Waals surface area contributed by atoms with Gasteiger partial charge in [-0.1, -0.05) is 39.0 Å². The van der Waals surface area contributed by atoms with Crippen molar-refractivity contribution in [2.45, 2.75) is 71.3 Å². The fourth-order valence-corrected chi connectivity index (χ4v) is 3.68. The van der Waals surface area contributed by atoms with Crippen molar-refractivity contribution < 1.29 is 4.79 Å². The van der Waals surface area contributed by atoms with Crippen molar-refractivity contribution in [2.75, 3.05) is 26.2 Å². The molecule has 2 fully saturated rings. The standard InChI is InChI=1S/C18H34N4O/c1-3-17(23)22-13-11-16(14-22)21-18(19-4-2)20-12-10-15-8-6-5-7-9-15/h15-16H,3-14H2,1-2H3,(H2,19,20,21). The minimum Gasteiger partial charge on any atom is -0.357 e. The minimum atomic E-state index is 0.258. The van der Waals surface area contributed by atoms with E-state index in [2.05, 4.69) is 17.6 Å². The summed E-state index contributed by atoms with van der Waals surface area (Å²) in [4.78, 5) is 18.5. The molecule has 132 valence electrons. The summed E-state index contributed by atoms with van der Waals surface area (Å²) in [5.74, 6) is 2.05. The lowest BCUT2D eigenvalue weighted by Crippen LogP contribution is -2.45. The zero-order valence-corrected chi connectivity index (χ0v) is 14.9. The van der Waals surface area contributed by atoms with E-state index >= 15 is 0 Å². The van der Waals surface area contributed by atoms with E-state index < -0.39 is 0 Å². The van der Waals surface area contributed by atoms with Gasteiger partial charge in [0.25, 0.3) is 0 Å². The lowest BCUT2D eigenvalue weighted by Gasteiger charge is -2.21. The second kappa shape index (κ2) is 9.78. The molecule has 1 unspecified atom stereocenters. The highest BCUT2D eigenvalue weighted by Crippen LogP contribution is 2.26. The lowest BCUT2D eigenvalue weighted by atomic mass is 9.87. The number of guanidine groups is 1. The number of aliphatic imine (C=N–C) groups is 1. The van der Waals surface area contributed by atoms with E-state index in [0.29, 0.717) is 12.5 Å². The molecule has 0 radical (unpaired) electrons. The molecule has 1 atom stereocenters. The molecular weight excluding hydrogens is 288 g/mol. The second-order valence-corrected chi connectivity index (χ2v) is 6.88. The van der Waals surface area contributed by atoms with E-state index in [1.54, 1.807) is 0 Å². The number of carbonyl (C=O) groups is 1. The van der Waals surface area contributed by atoms with Crippen LogP contribution < -0.4 is 10.6 Å². The molecule has 1 saturated heterocycles. The van der Waals surface area contributed by atoms with Gasteiger partial charge >= 0.3 is 0 Å². The molecule has 0 aromatic heterocycles. The molecule has 1 saturated carbocycles. The molecule has 2 N–H and O–H groups in total. The van der Waals surface area contributed by atoms with Crippen molar-refractivity contribution in [3.63, 3.8) is 0 Å². The van der Waals surface area contributed by atoms with Gasteiger partial charge in [-0.3, -0.25) is 9.79 Å². The Kier molecular flexibility index (Phi) is 7.69. The summed E-state index contributed by atoms with van der Waals surface area (Å²) in [6, 6.07) is 0.331. The van der Waals surface area contributed by atoms with E-state index in [1.807, 2.05) is 11.8 Å². The van der Waals surface area contributed by atoms with Crippen LogP contribution in [0.3, 0.4) is 0 Å². The monoisotopic (exact) mass is 322 g/mol. The van der Waals surface area contributed by atoms with E-state index in [4.69, 9.17) is 4.99 Å². The van der Waals surface area contributed by atoms with Crippen molar-refractivity contribution in [1.82, 2.24) is 15.5 Å². The topological polar surface area (TPSA) is 56.7 Å². The van der Waals surface area contributed by atoms with Crippen LogP contribution >= 0.6 is 0 Å². The summed E-state index contributed by atoms with van der Waals surface area (Å²) >= 11 is 0. The van der Waals surface area contributed by atoms with E-state index in [-0.39, 0.29) is 5.91 Å². The maximum absolute atomic E-state index is 11.8. The van der Waals surface area contributed by atoms with Crippen molar-refractivity contribution in [3.05, 3.63) is 0 Å². The van der Waals surface area contributed by atoms with Crippen LogP contribution in [0.1, 0.15) is 65.2 Å². The molecule has 2 rings (SSSR count). The highest BCUT2D eigenvalue weighted by atomic mass is 16.2. The molecule has 0 aromatic carbocycles. The molecule has 1 heterocycles. The highest BCUT2D eigenvalue weighted by molar-refractivity contribution is 5.80. The number of nitrogens with zero attached hydrogens (tertiary/aromatic N) is 2. The van der Waals surface area contributed by atoms with E-state index in [1.165, 1.54) is 38.5 Å². The number of rotatable bonds is 6. The fraction of sp³-hybridized carbons (Fsp3) is 0.889. The number of likely N-dealkylation sites (tertiary alicyclic amines) is 1. The van der Waals surface area contributed by atoms with Crippen LogP contribution in [-0.2, 0) is 4.79 Å². The number of hydrogen-bond acceptors (Lipinski definition) is 2. The Morgan fingerprint density at radius 1 is 1.17 bits per heavy atom. The van der Waals surface area contributed by atoms with Gasteiger partial charge in [0.1, 0.15) is 0 Å². The summed E-state index contributed by atoms with van der Waals surface area (Å²) in [5.41, 5.74) is 0. The van der Waals surface area contributed by atoms with Gasteiger partial charge < -0.3 is 15.5 Å². The van der Waals surface area contributed by atoms with Crippen LogP contribution in [0, 0.1) is 5.92 Å². The molecule has 5 nitrogen and oxygen atoms in total. The van der Waals surface area contributed by atoms with Gasteiger partial charge in [-0.25, -0.2) is 0 Å². The Labute approximate surface area is 141 Å². The molecule has 0 aromatic rings. The van der Waals surface area contributed by atoms with Gasteiger partial charge in [-0.15, -0.1) is 0 Å². The van der Waals surface area contributed by atoms with Crippen molar-refractivity contribution in [1.29, 1.82) is 0 Å². The van der Waals surface area contributed by atoms with Crippen LogP contribution in [-0.4, -0.2) is 49.0 Å². The Balaban J connectivity index is 1.76. The third-order valence-corrected chi connectivity index (χ3v) is 5.06. The average Bonchev–Trinajstić information content (AvgIpc) is 3.04. The van der Waals surface area contributed by atoms with Gasteiger partial charge in [-0.2, -0.15) is 0 Å². The molecule has 0 spiro atoms.